The predicted molar refractivity (Wildman–Crippen MR) is 131 cm³/mol. The molecule has 0 radical (unpaired) electrons. The smallest absolute Gasteiger partial charge is 0.550 e. The molecule has 2 aliphatic heterocycles. The number of carboxylic acid groups (broad SMARTS) is 1. The van der Waals surface area contributed by atoms with Crippen molar-refractivity contribution in [3.05, 3.63) is 25.3 Å². The minimum absolute atomic E-state index is 0. The van der Waals surface area contributed by atoms with Crippen LogP contribution in [0.1, 0.15) is 89.9 Å². The molecule has 0 amide bonds. The summed E-state index contributed by atoms with van der Waals surface area (Å²) in [7, 11) is 0. The van der Waals surface area contributed by atoms with Crippen molar-refractivity contribution >= 4 is 23.5 Å². The third-order valence-corrected chi connectivity index (χ3v) is 5.33. The number of carbonyl (C=O) groups excluding carboxylic acids is 2. The number of allylic oxidation sites excluding steroid dienone is 2. The molecule has 2 heterocycles. The van der Waals surface area contributed by atoms with Crippen LogP contribution in [0.25, 0.3) is 0 Å². The first-order valence-corrected chi connectivity index (χ1v) is 12.9. The molecule has 192 valence electrons. The zero-order valence-corrected chi connectivity index (χ0v) is 24.0. The average Bonchev–Trinajstić information content (AvgIpc) is 3.71. The number of halogens is 1. The second-order valence-electron chi connectivity index (χ2n) is 8.31. The van der Waals surface area contributed by atoms with E-state index in [9.17, 15) is 14.7 Å². The van der Waals surface area contributed by atoms with Crippen LogP contribution in [0, 0.1) is 0 Å². The van der Waals surface area contributed by atoms with Crippen LogP contribution >= 0.6 is 11.6 Å². The van der Waals surface area contributed by atoms with Gasteiger partial charge in [-0.2, -0.15) is 0 Å². The van der Waals surface area contributed by atoms with E-state index in [2.05, 4.69) is 13.2 Å². The molecule has 0 N–H and O–H groups in total. The zero-order valence-electron chi connectivity index (χ0n) is 21.3. The molecule has 2 unspecified atom stereocenters. The topological polar surface area (TPSA) is 91.5 Å². The minimum Gasteiger partial charge on any atom is -0.550 e. The maximum absolute atomic E-state index is 11.2. The molecule has 8 heteroatoms. The van der Waals surface area contributed by atoms with Gasteiger partial charge in [0, 0.05) is 12.4 Å². The number of hydrogen-bond acceptors (Lipinski definition) is 6. The second kappa shape index (κ2) is 27.2. The van der Waals surface area contributed by atoms with E-state index in [-0.39, 0.29) is 48.1 Å². The molecule has 2 atom stereocenters. The van der Waals surface area contributed by atoms with Crippen LogP contribution in [0.2, 0.25) is 0 Å². The third-order valence-electron chi connectivity index (χ3n) is 4.99. The predicted octanol–water partition coefficient (Wildman–Crippen LogP) is 2.13. The third kappa shape index (κ3) is 31.6. The van der Waals surface area contributed by atoms with Crippen molar-refractivity contribution in [1.29, 1.82) is 0 Å². The van der Waals surface area contributed by atoms with Gasteiger partial charge < -0.3 is 24.1 Å². The van der Waals surface area contributed by atoms with Gasteiger partial charge in [-0.25, -0.2) is 0 Å². The molecular weight excluding hydrogens is 467 g/mol. The fraction of sp³-hybridized carbons (Fsp3) is 0.769. The van der Waals surface area contributed by atoms with Crippen LogP contribution in [0.5, 0.6) is 0 Å². The Bertz CT molecular complexity index is 510. The fourth-order valence-corrected chi connectivity index (χ4v) is 2.93. The Morgan fingerprint density at radius 3 is 1.65 bits per heavy atom. The molecular formula is C26H44ClNaO6. The van der Waals surface area contributed by atoms with E-state index in [1.54, 1.807) is 0 Å². The van der Waals surface area contributed by atoms with Gasteiger partial charge in [-0.3, -0.25) is 4.79 Å². The summed E-state index contributed by atoms with van der Waals surface area (Å²) in [4.78, 5) is 21.2. The molecule has 2 saturated heterocycles. The zero-order chi connectivity index (χ0) is 24.6. The van der Waals surface area contributed by atoms with Crippen LogP contribution in [0.15, 0.2) is 25.3 Å². The number of aliphatic carboxylic acids is 1. The number of unbranched alkanes of at least 4 members (excludes halogenated alkanes) is 10. The monoisotopic (exact) mass is 510 g/mol. The van der Waals surface area contributed by atoms with E-state index in [1.807, 2.05) is 12.2 Å². The first-order chi connectivity index (χ1) is 16.0. The largest absolute Gasteiger partial charge is 1.00 e. The Morgan fingerprint density at radius 1 is 0.824 bits per heavy atom. The van der Waals surface area contributed by atoms with Gasteiger partial charge in [-0.1, -0.05) is 50.7 Å². The van der Waals surface area contributed by atoms with Crippen molar-refractivity contribution in [3.63, 3.8) is 0 Å². The summed E-state index contributed by atoms with van der Waals surface area (Å²) in [5.74, 6) is -0.345. The van der Waals surface area contributed by atoms with Crippen LogP contribution in [0.4, 0.5) is 0 Å². The van der Waals surface area contributed by atoms with E-state index < -0.39 is 5.97 Å². The van der Waals surface area contributed by atoms with E-state index >= 15 is 0 Å². The Kier molecular flexibility index (Phi) is 28.7. The molecule has 0 aromatic rings. The summed E-state index contributed by atoms with van der Waals surface area (Å²) < 4.78 is 14.7. The summed E-state index contributed by atoms with van der Waals surface area (Å²) in [5.41, 5.74) is 0. The molecule has 0 aromatic heterocycles. The van der Waals surface area contributed by atoms with Crippen molar-refractivity contribution < 1.29 is 58.5 Å². The van der Waals surface area contributed by atoms with Gasteiger partial charge >= 0.3 is 35.5 Å². The summed E-state index contributed by atoms with van der Waals surface area (Å²) in [6.45, 7) is 9.39. The van der Waals surface area contributed by atoms with Crippen molar-refractivity contribution in [1.82, 2.24) is 0 Å². The summed E-state index contributed by atoms with van der Waals surface area (Å²) in [5, 5.41) is 10.0. The van der Waals surface area contributed by atoms with Gasteiger partial charge in [0.1, 0.15) is 12.7 Å². The van der Waals surface area contributed by atoms with Crippen LogP contribution in [-0.4, -0.2) is 49.8 Å². The molecule has 0 spiro atoms. The Balaban J connectivity index is 0. The van der Waals surface area contributed by atoms with Crippen molar-refractivity contribution in [2.24, 2.45) is 0 Å². The van der Waals surface area contributed by atoms with Crippen LogP contribution in [-0.2, 0) is 23.8 Å². The second-order valence-corrected chi connectivity index (χ2v) is 8.62. The van der Waals surface area contributed by atoms with Crippen molar-refractivity contribution in [3.8, 4) is 0 Å². The number of carbonyl (C=O) groups is 2. The van der Waals surface area contributed by atoms with E-state index in [0.29, 0.717) is 25.0 Å². The molecule has 2 rings (SSSR count). The maximum atomic E-state index is 11.2. The Hall–Kier alpha value is -0.370. The Labute approximate surface area is 234 Å². The standard InChI is InChI=1S/C13H22O3.C10H18O2.C3H5ClO.Na/c1-2-3-4-5-6-7-8-9-13(14)16-11-12-10-15-12;1-2-3-4-5-6-7-8-9-10(11)12;4-1-3-2-5-3;/h2,12H,1,3-11H2;2H,1,3-9H2,(H,11,12);3H,1-2H2;/q;;;+1/p-1. The molecule has 0 aromatic carbocycles. The van der Waals surface area contributed by atoms with Gasteiger partial charge in [0.15, 0.2) is 0 Å². The molecule has 0 bridgehead atoms. The van der Waals surface area contributed by atoms with Crippen LogP contribution < -0.4 is 34.7 Å². The number of epoxide rings is 2. The Morgan fingerprint density at radius 2 is 1.26 bits per heavy atom. The number of rotatable bonds is 19. The van der Waals surface area contributed by atoms with E-state index in [4.69, 9.17) is 25.8 Å². The minimum atomic E-state index is -0.930. The number of alkyl halides is 1. The van der Waals surface area contributed by atoms with Crippen LogP contribution in [0.3, 0.4) is 0 Å². The SMILES string of the molecule is C=CCCCCCCCC(=O)OCC1CO1.C=CCCCCCCCC(=O)[O-].ClCC1CO1.[Na+]. The first-order valence-electron chi connectivity index (χ1n) is 12.4. The van der Waals surface area contributed by atoms with E-state index in [0.717, 1.165) is 58.2 Å². The molecule has 34 heavy (non-hydrogen) atoms. The number of ether oxygens (including phenoxy) is 3. The van der Waals surface area contributed by atoms with Gasteiger partial charge in [-0.15, -0.1) is 24.8 Å². The molecule has 0 aliphatic carbocycles. The van der Waals surface area contributed by atoms with Gasteiger partial charge in [0.2, 0.25) is 0 Å². The van der Waals surface area contributed by atoms with Gasteiger partial charge in [0.25, 0.3) is 0 Å². The van der Waals surface area contributed by atoms with Gasteiger partial charge in [-0.05, 0) is 44.9 Å². The number of carboxylic acids is 1. The van der Waals surface area contributed by atoms with Gasteiger partial charge in [0.05, 0.1) is 25.2 Å². The maximum Gasteiger partial charge on any atom is 1.00 e. The fourth-order valence-electron chi connectivity index (χ4n) is 2.76. The summed E-state index contributed by atoms with van der Waals surface area (Å²) in [6.07, 6.45) is 18.3. The molecule has 6 nitrogen and oxygen atoms in total. The summed E-state index contributed by atoms with van der Waals surface area (Å²) in [6, 6.07) is 0. The number of esters is 1. The summed E-state index contributed by atoms with van der Waals surface area (Å²) >= 11 is 5.27. The van der Waals surface area contributed by atoms with Crippen molar-refractivity contribution in [2.45, 2.75) is 102 Å². The molecule has 2 aliphatic rings. The van der Waals surface area contributed by atoms with E-state index in [1.165, 1.54) is 32.1 Å². The average molecular weight is 511 g/mol. The number of hydrogen-bond donors (Lipinski definition) is 0. The van der Waals surface area contributed by atoms with Crippen molar-refractivity contribution in [2.75, 3.05) is 25.7 Å². The quantitative estimate of drug-likeness (QED) is 0.0660. The molecule has 0 saturated carbocycles. The normalized spacial score (nSPS) is 17.0. The first kappa shape index (κ1) is 35.8. The molecule has 2 fully saturated rings.